The van der Waals surface area contributed by atoms with Gasteiger partial charge in [-0.2, -0.15) is 0 Å². The summed E-state index contributed by atoms with van der Waals surface area (Å²) in [5.41, 5.74) is -2.25. The minimum atomic E-state index is -0.970. The molecule has 9 heteroatoms. The predicted molar refractivity (Wildman–Crippen MR) is 68.8 cm³/mol. The molecule has 1 heterocycles. The average Bonchev–Trinajstić information content (AvgIpc) is 2.37. The fraction of sp³-hybridized carbons (Fsp3) is 0.545. The first-order valence-electron chi connectivity index (χ1n) is 6.09. The fourth-order valence-electron chi connectivity index (χ4n) is 1.73. The number of unbranched alkanes of at least 4 members (excludes halogenated alkanes) is 1. The second-order valence-corrected chi connectivity index (χ2v) is 4.15. The van der Waals surface area contributed by atoms with Crippen molar-refractivity contribution in [3.05, 3.63) is 37.1 Å². The van der Waals surface area contributed by atoms with Crippen molar-refractivity contribution in [3.63, 3.8) is 0 Å². The van der Waals surface area contributed by atoms with Crippen LogP contribution in [0.1, 0.15) is 26.2 Å². The van der Waals surface area contributed by atoms with E-state index in [2.05, 4.69) is 0 Å². The molecule has 0 saturated heterocycles. The number of carboxylic acid groups (broad SMARTS) is 1. The van der Waals surface area contributed by atoms with Gasteiger partial charge in [-0.25, -0.2) is 4.79 Å². The van der Waals surface area contributed by atoms with Crippen molar-refractivity contribution in [2.75, 3.05) is 0 Å². The molecule has 0 atom stereocenters. The third-order valence-corrected chi connectivity index (χ3v) is 2.78. The summed E-state index contributed by atoms with van der Waals surface area (Å²) in [6, 6.07) is 0. The number of nitro groups is 1. The molecule has 0 radical (unpaired) electrons. The Morgan fingerprint density at radius 2 is 2.05 bits per heavy atom. The molecule has 1 aromatic heterocycles. The van der Waals surface area contributed by atoms with E-state index in [0.717, 1.165) is 15.3 Å². The molecule has 0 aliphatic carbocycles. The van der Waals surface area contributed by atoms with Gasteiger partial charge in [0.2, 0.25) is 0 Å². The molecule has 0 aromatic carbocycles. The first-order chi connectivity index (χ1) is 9.38. The first kappa shape index (κ1) is 15.6. The van der Waals surface area contributed by atoms with Crippen LogP contribution in [-0.4, -0.2) is 25.1 Å². The predicted octanol–water partition coefficient (Wildman–Crippen LogP) is 0.193. The molecule has 0 fully saturated rings. The van der Waals surface area contributed by atoms with Crippen LogP contribution in [-0.2, 0) is 17.9 Å². The standard InChI is InChI=1S/C11H15N3O6/c1-2-12-7-8(14(19)20)10(17)13(11(12)18)6-4-3-5-9(15)16/h7H,2-6H2,1H3,(H,15,16). The molecular formula is C11H15N3O6. The van der Waals surface area contributed by atoms with E-state index in [0.29, 0.717) is 0 Å². The monoisotopic (exact) mass is 285 g/mol. The van der Waals surface area contributed by atoms with Crippen LogP contribution in [0.2, 0.25) is 0 Å². The van der Waals surface area contributed by atoms with Gasteiger partial charge < -0.3 is 5.11 Å². The molecule has 110 valence electrons. The van der Waals surface area contributed by atoms with Crippen molar-refractivity contribution in [3.8, 4) is 0 Å². The fourth-order valence-corrected chi connectivity index (χ4v) is 1.73. The number of aromatic nitrogens is 2. The highest BCUT2D eigenvalue weighted by Gasteiger charge is 2.19. The van der Waals surface area contributed by atoms with Crippen LogP contribution in [0.3, 0.4) is 0 Å². The quantitative estimate of drug-likeness (QED) is 0.433. The lowest BCUT2D eigenvalue weighted by Crippen LogP contribution is -2.40. The van der Waals surface area contributed by atoms with Gasteiger partial charge in [0, 0.05) is 19.5 Å². The molecule has 0 bridgehead atoms. The lowest BCUT2D eigenvalue weighted by atomic mass is 10.2. The lowest BCUT2D eigenvalue weighted by molar-refractivity contribution is -0.387. The Morgan fingerprint density at radius 3 is 2.55 bits per heavy atom. The van der Waals surface area contributed by atoms with Gasteiger partial charge in [0.05, 0.1) is 11.1 Å². The van der Waals surface area contributed by atoms with Crippen LogP contribution in [0.25, 0.3) is 0 Å². The Kier molecular flexibility index (Phi) is 5.18. The summed E-state index contributed by atoms with van der Waals surface area (Å²) in [5.74, 6) is -0.970. The Bertz CT molecular complexity index is 630. The number of hydrogen-bond acceptors (Lipinski definition) is 5. The van der Waals surface area contributed by atoms with E-state index in [1.54, 1.807) is 6.92 Å². The number of aryl methyl sites for hydroxylation is 1. The maximum absolute atomic E-state index is 11.9. The molecule has 0 spiro atoms. The zero-order chi connectivity index (χ0) is 15.3. The number of carbonyl (C=O) groups is 1. The zero-order valence-corrected chi connectivity index (χ0v) is 10.9. The van der Waals surface area contributed by atoms with Crippen LogP contribution < -0.4 is 11.2 Å². The van der Waals surface area contributed by atoms with Crippen LogP contribution >= 0.6 is 0 Å². The molecule has 1 rings (SSSR count). The third kappa shape index (κ3) is 3.53. The van der Waals surface area contributed by atoms with Gasteiger partial charge in [-0.3, -0.25) is 28.8 Å². The summed E-state index contributed by atoms with van der Waals surface area (Å²) >= 11 is 0. The summed E-state index contributed by atoms with van der Waals surface area (Å²) in [6.45, 7) is 1.80. The van der Waals surface area contributed by atoms with E-state index >= 15 is 0 Å². The molecule has 0 saturated carbocycles. The van der Waals surface area contributed by atoms with Gasteiger partial charge in [0.1, 0.15) is 0 Å². The van der Waals surface area contributed by atoms with Crippen molar-refractivity contribution in [1.29, 1.82) is 0 Å². The topological polar surface area (TPSA) is 124 Å². The van der Waals surface area contributed by atoms with Crippen molar-refractivity contribution >= 4 is 11.7 Å². The van der Waals surface area contributed by atoms with E-state index < -0.39 is 27.8 Å². The summed E-state index contributed by atoms with van der Waals surface area (Å²) in [4.78, 5) is 44.0. The second-order valence-electron chi connectivity index (χ2n) is 4.15. The lowest BCUT2D eigenvalue weighted by Gasteiger charge is -2.08. The van der Waals surface area contributed by atoms with Gasteiger partial charge in [-0.1, -0.05) is 0 Å². The average molecular weight is 285 g/mol. The van der Waals surface area contributed by atoms with Crippen molar-refractivity contribution in [2.24, 2.45) is 0 Å². The normalized spacial score (nSPS) is 10.4. The third-order valence-electron chi connectivity index (χ3n) is 2.78. The number of hydrogen-bond donors (Lipinski definition) is 1. The highest BCUT2D eigenvalue weighted by atomic mass is 16.6. The summed E-state index contributed by atoms with van der Waals surface area (Å²) in [5, 5.41) is 19.3. The molecule has 9 nitrogen and oxygen atoms in total. The van der Waals surface area contributed by atoms with Gasteiger partial charge in [-0.15, -0.1) is 0 Å². The molecular weight excluding hydrogens is 270 g/mol. The van der Waals surface area contributed by atoms with Crippen LogP contribution in [0, 0.1) is 10.1 Å². The van der Waals surface area contributed by atoms with Gasteiger partial charge in [0.25, 0.3) is 0 Å². The van der Waals surface area contributed by atoms with Crippen molar-refractivity contribution in [2.45, 2.75) is 39.3 Å². The maximum atomic E-state index is 11.9. The summed E-state index contributed by atoms with van der Waals surface area (Å²) in [6.07, 6.45) is 1.42. The Hall–Kier alpha value is -2.45. The van der Waals surface area contributed by atoms with Crippen LogP contribution in [0.5, 0.6) is 0 Å². The molecule has 0 aliphatic rings. The first-order valence-corrected chi connectivity index (χ1v) is 6.09. The zero-order valence-electron chi connectivity index (χ0n) is 10.9. The largest absolute Gasteiger partial charge is 0.481 e. The summed E-state index contributed by atoms with van der Waals surface area (Å²) < 4.78 is 1.86. The van der Waals surface area contributed by atoms with E-state index in [-0.39, 0.29) is 32.4 Å². The molecule has 0 amide bonds. The van der Waals surface area contributed by atoms with Crippen molar-refractivity contribution < 1.29 is 14.8 Å². The van der Waals surface area contributed by atoms with E-state index in [9.17, 15) is 24.5 Å². The Labute approximate surface area is 113 Å². The maximum Gasteiger partial charge on any atom is 0.350 e. The molecule has 1 N–H and O–H groups in total. The highest BCUT2D eigenvalue weighted by molar-refractivity contribution is 5.66. The minimum Gasteiger partial charge on any atom is -0.481 e. The van der Waals surface area contributed by atoms with Crippen molar-refractivity contribution in [1.82, 2.24) is 9.13 Å². The molecule has 20 heavy (non-hydrogen) atoms. The van der Waals surface area contributed by atoms with Gasteiger partial charge in [-0.05, 0) is 19.8 Å². The van der Waals surface area contributed by atoms with Crippen LogP contribution in [0.15, 0.2) is 15.8 Å². The summed E-state index contributed by atoms with van der Waals surface area (Å²) in [7, 11) is 0. The molecule has 0 unspecified atom stereocenters. The number of nitrogens with zero attached hydrogens (tertiary/aromatic N) is 3. The van der Waals surface area contributed by atoms with Gasteiger partial charge in [0.15, 0.2) is 0 Å². The van der Waals surface area contributed by atoms with Crippen LogP contribution in [0.4, 0.5) is 5.69 Å². The SMILES string of the molecule is CCn1cc([N+](=O)[O-])c(=O)n(CCCCC(=O)O)c1=O. The minimum absolute atomic E-state index is 0.0351. The molecule has 0 aliphatic heterocycles. The number of carboxylic acids is 1. The van der Waals surface area contributed by atoms with E-state index in [4.69, 9.17) is 5.11 Å². The number of aliphatic carboxylic acids is 1. The van der Waals surface area contributed by atoms with E-state index in [1.165, 1.54) is 0 Å². The number of rotatable bonds is 7. The Balaban J connectivity index is 3.08. The van der Waals surface area contributed by atoms with E-state index in [1.807, 2.05) is 0 Å². The Morgan fingerprint density at radius 1 is 1.40 bits per heavy atom. The second kappa shape index (κ2) is 6.64. The van der Waals surface area contributed by atoms with Gasteiger partial charge >= 0.3 is 22.9 Å². The smallest absolute Gasteiger partial charge is 0.350 e. The highest BCUT2D eigenvalue weighted by Crippen LogP contribution is 2.02. The molecule has 1 aromatic rings.